The first-order valence-corrected chi connectivity index (χ1v) is 9.62. The lowest BCUT2D eigenvalue weighted by atomic mass is 10.1. The number of para-hydroxylation sites is 1. The summed E-state index contributed by atoms with van der Waals surface area (Å²) in [7, 11) is 0. The summed E-state index contributed by atoms with van der Waals surface area (Å²) >= 11 is 1.41. The number of benzene rings is 1. The quantitative estimate of drug-likeness (QED) is 0.496. The lowest BCUT2D eigenvalue weighted by Crippen LogP contribution is -2.36. The molecule has 2 aromatic heterocycles. The highest BCUT2D eigenvalue weighted by Gasteiger charge is 2.34. The maximum atomic E-state index is 12.6. The maximum Gasteiger partial charge on any atom is 0.247 e. The van der Waals surface area contributed by atoms with E-state index in [1.54, 1.807) is 23.4 Å². The highest BCUT2D eigenvalue weighted by atomic mass is 32.2. The molecule has 0 radical (unpaired) electrons. The fraction of sp³-hybridized carbons (Fsp3) is 0.150. The Bertz CT molecular complexity index is 1030. The van der Waals surface area contributed by atoms with Gasteiger partial charge in [0.15, 0.2) is 5.69 Å². The molecule has 0 aliphatic carbocycles. The lowest BCUT2D eigenvalue weighted by Gasteiger charge is -2.29. The van der Waals surface area contributed by atoms with Crippen LogP contribution in [0.25, 0.3) is 11.3 Å². The van der Waals surface area contributed by atoms with Crippen molar-refractivity contribution in [3.8, 4) is 17.1 Å². The van der Waals surface area contributed by atoms with Crippen LogP contribution in [0.2, 0.25) is 0 Å². The summed E-state index contributed by atoms with van der Waals surface area (Å²) in [5, 5.41) is 9.04. The molecule has 0 saturated heterocycles. The van der Waals surface area contributed by atoms with Gasteiger partial charge in [0.05, 0.1) is 5.69 Å². The Labute approximate surface area is 166 Å². The zero-order valence-corrected chi connectivity index (χ0v) is 16.0. The molecule has 0 saturated carbocycles. The largest absolute Gasteiger partial charge is 0.447 e. The number of aromatic nitrogens is 4. The molecule has 0 fully saturated rings. The summed E-state index contributed by atoms with van der Waals surface area (Å²) < 4.78 is 6.24. The number of hydrogen-bond donors (Lipinski definition) is 0. The molecule has 28 heavy (non-hydrogen) atoms. The van der Waals surface area contributed by atoms with Crippen molar-refractivity contribution in [3.05, 3.63) is 67.0 Å². The lowest BCUT2D eigenvalue weighted by molar-refractivity contribution is -0.118. The van der Waals surface area contributed by atoms with Gasteiger partial charge in [-0.2, -0.15) is 4.98 Å². The fourth-order valence-corrected chi connectivity index (χ4v) is 3.51. The molecular weight excluding hydrogens is 374 g/mol. The monoisotopic (exact) mass is 391 g/mol. The van der Waals surface area contributed by atoms with Gasteiger partial charge in [0.2, 0.25) is 23.2 Å². The van der Waals surface area contributed by atoms with Crippen LogP contribution in [0.5, 0.6) is 5.88 Å². The maximum absolute atomic E-state index is 12.6. The molecule has 3 aromatic rings. The number of anilines is 1. The molecule has 4 rings (SSSR count). The molecule has 1 aliphatic rings. The summed E-state index contributed by atoms with van der Waals surface area (Å²) in [5.74, 6) is 0.834. The van der Waals surface area contributed by atoms with E-state index < -0.39 is 6.23 Å². The van der Waals surface area contributed by atoms with Gasteiger partial charge in [-0.25, -0.2) is 0 Å². The number of ether oxygens (including phenoxy) is 1. The van der Waals surface area contributed by atoms with Crippen molar-refractivity contribution in [2.75, 3.05) is 10.7 Å². The second kappa shape index (κ2) is 7.77. The summed E-state index contributed by atoms with van der Waals surface area (Å²) in [6.07, 6.45) is 4.40. The van der Waals surface area contributed by atoms with Crippen LogP contribution in [-0.2, 0) is 4.79 Å². The Morgan fingerprint density at radius 2 is 2.04 bits per heavy atom. The number of amides is 1. The van der Waals surface area contributed by atoms with Crippen molar-refractivity contribution >= 4 is 23.4 Å². The Hall–Kier alpha value is -3.26. The van der Waals surface area contributed by atoms with Crippen LogP contribution in [0.4, 0.5) is 5.69 Å². The van der Waals surface area contributed by atoms with Gasteiger partial charge in [0.1, 0.15) is 0 Å². The third-order valence-electron chi connectivity index (χ3n) is 4.17. The van der Waals surface area contributed by atoms with Crippen LogP contribution in [0.1, 0.15) is 18.7 Å². The number of fused-ring (bicyclic) bond motifs is 3. The average molecular weight is 391 g/mol. The molecule has 1 atom stereocenters. The average Bonchev–Trinajstić information content (AvgIpc) is 2.87. The van der Waals surface area contributed by atoms with Gasteiger partial charge >= 0.3 is 0 Å². The zero-order valence-electron chi connectivity index (χ0n) is 15.1. The normalized spacial score (nSPS) is 15.0. The second-order valence-corrected chi connectivity index (χ2v) is 6.99. The molecule has 0 unspecified atom stereocenters. The zero-order chi connectivity index (χ0) is 19.5. The molecule has 0 bridgehead atoms. The molecule has 0 N–H and O–H groups in total. The van der Waals surface area contributed by atoms with Crippen molar-refractivity contribution in [2.24, 2.45) is 0 Å². The predicted octanol–water partition coefficient (Wildman–Crippen LogP) is 3.66. The number of nitrogens with zero attached hydrogens (tertiary/aromatic N) is 5. The van der Waals surface area contributed by atoms with Crippen molar-refractivity contribution in [1.29, 1.82) is 0 Å². The Morgan fingerprint density at radius 1 is 1.25 bits per heavy atom. The summed E-state index contributed by atoms with van der Waals surface area (Å²) in [5.41, 5.74) is 2.72. The van der Waals surface area contributed by atoms with Gasteiger partial charge in [-0.3, -0.25) is 14.7 Å². The van der Waals surface area contributed by atoms with Gasteiger partial charge in [0, 0.05) is 36.2 Å². The van der Waals surface area contributed by atoms with Gasteiger partial charge in [-0.15, -0.1) is 16.8 Å². The minimum absolute atomic E-state index is 0.156. The van der Waals surface area contributed by atoms with Crippen LogP contribution in [0, 0.1) is 0 Å². The first-order chi connectivity index (χ1) is 13.7. The minimum atomic E-state index is -0.697. The molecule has 1 aromatic carbocycles. The molecule has 1 aliphatic heterocycles. The van der Waals surface area contributed by atoms with Crippen LogP contribution in [-0.4, -0.2) is 31.8 Å². The predicted molar refractivity (Wildman–Crippen MR) is 107 cm³/mol. The highest BCUT2D eigenvalue weighted by Crippen LogP contribution is 2.43. The molecule has 8 heteroatoms. The van der Waals surface area contributed by atoms with Crippen molar-refractivity contribution in [2.45, 2.75) is 18.3 Å². The number of rotatable bonds is 4. The topological polar surface area (TPSA) is 81.1 Å². The van der Waals surface area contributed by atoms with Crippen molar-refractivity contribution in [3.63, 3.8) is 0 Å². The van der Waals surface area contributed by atoms with E-state index in [0.29, 0.717) is 28.2 Å². The van der Waals surface area contributed by atoms with Crippen molar-refractivity contribution in [1.82, 2.24) is 20.2 Å². The molecule has 140 valence electrons. The number of pyridine rings is 1. The van der Waals surface area contributed by atoms with E-state index in [1.807, 2.05) is 36.4 Å². The molecule has 7 nitrogen and oxygen atoms in total. The standard InChI is InChI=1S/C20H17N5O2S/c1-3-12-28-20-22-18-17(23-24-20)15-6-4-5-7-16(15)25(13(2)26)19(27-18)14-8-10-21-11-9-14/h3-11,19H,1,12H2,2H3/t19-/m1/s1. The molecular formula is C20H17N5O2S. The first kappa shape index (κ1) is 18.1. The van der Waals surface area contributed by atoms with Gasteiger partial charge in [0.25, 0.3) is 0 Å². The smallest absolute Gasteiger partial charge is 0.247 e. The van der Waals surface area contributed by atoms with E-state index in [-0.39, 0.29) is 5.91 Å². The summed E-state index contributed by atoms with van der Waals surface area (Å²) in [4.78, 5) is 22.8. The second-order valence-electron chi connectivity index (χ2n) is 6.00. The van der Waals surface area contributed by atoms with Crippen LogP contribution in [0.15, 0.2) is 66.6 Å². The summed E-state index contributed by atoms with van der Waals surface area (Å²) in [6, 6.07) is 11.1. The van der Waals surface area contributed by atoms with Gasteiger partial charge < -0.3 is 4.74 Å². The third kappa shape index (κ3) is 3.34. The Balaban J connectivity index is 1.91. The molecule has 1 amide bonds. The van der Waals surface area contributed by atoms with Crippen LogP contribution < -0.4 is 9.64 Å². The Morgan fingerprint density at radius 3 is 2.79 bits per heavy atom. The van der Waals surface area contributed by atoms with Gasteiger partial charge in [-0.1, -0.05) is 36.0 Å². The number of thioether (sulfide) groups is 1. The van der Waals surface area contributed by atoms with E-state index in [2.05, 4.69) is 26.7 Å². The van der Waals surface area contributed by atoms with Crippen LogP contribution in [0.3, 0.4) is 0 Å². The SMILES string of the molecule is C=CCSc1nnc2c(n1)O[C@H](c1ccncc1)N(C(C)=O)c1ccccc1-2. The Kier molecular flexibility index (Phi) is 5.03. The number of carbonyl (C=O) groups is 1. The first-order valence-electron chi connectivity index (χ1n) is 8.63. The number of hydrogen-bond acceptors (Lipinski definition) is 7. The molecule has 0 spiro atoms. The van der Waals surface area contributed by atoms with Crippen LogP contribution >= 0.6 is 11.8 Å². The van der Waals surface area contributed by atoms with E-state index in [0.717, 1.165) is 11.1 Å². The fourth-order valence-electron chi connectivity index (χ4n) is 2.99. The van der Waals surface area contributed by atoms with E-state index in [4.69, 9.17) is 4.74 Å². The highest BCUT2D eigenvalue weighted by molar-refractivity contribution is 7.99. The summed E-state index contributed by atoms with van der Waals surface area (Å²) in [6.45, 7) is 5.22. The molecule has 3 heterocycles. The van der Waals surface area contributed by atoms with E-state index >= 15 is 0 Å². The van der Waals surface area contributed by atoms with E-state index in [9.17, 15) is 4.79 Å². The van der Waals surface area contributed by atoms with E-state index in [1.165, 1.54) is 18.7 Å². The minimum Gasteiger partial charge on any atom is -0.447 e. The van der Waals surface area contributed by atoms with Gasteiger partial charge in [-0.05, 0) is 18.2 Å². The third-order valence-corrected chi connectivity index (χ3v) is 5.01. The number of carbonyl (C=O) groups excluding carboxylic acids is 1. The van der Waals surface area contributed by atoms with Crippen molar-refractivity contribution < 1.29 is 9.53 Å².